The maximum atomic E-state index is 13.1. The molecule has 1 saturated heterocycles. The van der Waals surface area contributed by atoms with Gasteiger partial charge in [0, 0.05) is 55.4 Å². The summed E-state index contributed by atoms with van der Waals surface area (Å²) in [6.45, 7) is 2.95. The number of hydrogen-bond donors (Lipinski definition) is 0. The minimum Gasteiger partial charge on any atom is -0.484 e. The summed E-state index contributed by atoms with van der Waals surface area (Å²) < 4.78 is 20.4. The molecule has 170 valence electrons. The fourth-order valence-electron chi connectivity index (χ4n) is 4.04. The van der Waals surface area contributed by atoms with Crippen molar-refractivity contribution in [2.24, 2.45) is 0 Å². The summed E-state index contributed by atoms with van der Waals surface area (Å²) in [5, 5.41) is 9.80. The molecular formula is C25H25FN4O3. The molecule has 0 spiro atoms. The Morgan fingerprint density at radius 2 is 1.76 bits per heavy atom. The third kappa shape index (κ3) is 5.38. The van der Waals surface area contributed by atoms with Crippen molar-refractivity contribution in [3.8, 4) is 11.8 Å². The monoisotopic (exact) mass is 448 g/mol. The molecule has 2 heterocycles. The van der Waals surface area contributed by atoms with Gasteiger partial charge in [-0.3, -0.25) is 14.5 Å². The van der Waals surface area contributed by atoms with Gasteiger partial charge < -0.3 is 14.2 Å². The van der Waals surface area contributed by atoms with Crippen LogP contribution in [0.4, 0.5) is 4.39 Å². The highest BCUT2D eigenvalue weighted by Crippen LogP contribution is 2.22. The molecule has 1 aliphatic heterocycles. The molecule has 0 aliphatic carbocycles. The molecule has 0 atom stereocenters. The Kier molecular flexibility index (Phi) is 7.01. The number of rotatable bonds is 8. The van der Waals surface area contributed by atoms with Crippen LogP contribution in [0.2, 0.25) is 0 Å². The molecule has 0 unspecified atom stereocenters. The number of aryl methyl sites for hydroxylation is 1. The SMILES string of the molecule is N#CCCn1cc(C(=O)CN2CCN(C(=O)COc3ccc(F)cc3)CC2)c2ccccc21. The molecule has 3 aromatic rings. The van der Waals surface area contributed by atoms with Crippen molar-refractivity contribution in [2.45, 2.75) is 13.0 Å². The zero-order valence-electron chi connectivity index (χ0n) is 18.2. The summed E-state index contributed by atoms with van der Waals surface area (Å²) in [6.07, 6.45) is 2.23. The van der Waals surface area contributed by atoms with E-state index in [0.29, 0.717) is 50.5 Å². The lowest BCUT2D eigenvalue weighted by Crippen LogP contribution is -2.51. The fourth-order valence-corrected chi connectivity index (χ4v) is 4.04. The number of piperazine rings is 1. The van der Waals surface area contributed by atoms with E-state index in [0.717, 1.165) is 10.9 Å². The molecule has 0 N–H and O–H groups in total. The van der Waals surface area contributed by atoms with Crippen LogP contribution in [-0.2, 0) is 11.3 Å². The predicted octanol–water partition coefficient (Wildman–Crippen LogP) is 3.10. The minimum absolute atomic E-state index is 0.0290. The zero-order valence-corrected chi connectivity index (χ0v) is 18.2. The van der Waals surface area contributed by atoms with Gasteiger partial charge in [-0.05, 0) is 30.3 Å². The molecule has 0 radical (unpaired) electrons. The molecular weight excluding hydrogens is 423 g/mol. The lowest BCUT2D eigenvalue weighted by molar-refractivity contribution is -0.135. The highest BCUT2D eigenvalue weighted by molar-refractivity contribution is 6.09. The van der Waals surface area contributed by atoms with Crippen molar-refractivity contribution in [2.75, 3.05) is 39.3 Å². The number of amides is 1. The van der Waals surface area contributed by atoms with E-state index in [1.165, 1.54) is 24.3 Å². The van der Waals surface area contributed by atoms with Crippen LogP contribution in [0.25, 0.3) is 10.9 Å². The normalized spacial score (nSPS) is 14.2. The van der Waals surface area contributed by atoms with E-state index in [-0.39, 0.29) is 30.7 Å². The molecule has 1 fully saturated rings. The number of nitriles is 1. The van der Waals surface area contributed by atoms with Crippen LogP contribution in [-0.4, -0.2) is 65.4 Å². The quantitative estimate of drug-likeness (QED) is 0.495. The topological polar surface area (TPSA) is 78.6 Å². The standard InChI is InChI=1S/C25H25FN4O3/c26-19-6-8-20(9-7-19)33-18-25(32)29-14-12-28(13-15-29)17-24(31)22-16-30(11-3-10-27)23-5-2-1-4-21(22)23/h1-2,4-9,16H,3,11-15,17-18H2. The van der Waals surface area contributed by atoms with Gasteiger partial charge in [0.1, 0.15) is 11.6 Å². The van der Waals surface area contributed by atoms with E-state index < -0.39 is 0 Å². The Morgan fingerprint density at radius 3 is 2.48 bits per heavy atom. The second kappa shape index (κ2) is 10.3. The lowest BCUT2D eigenvalue weighted by Gasteiger charge is -2.34. The number of hydrogen-bond acceptors (Lipinski definition) is 5. The Bertz CT molecular complexity index is 1170. The Morgan fingerprint density at radius 1 is 1.03 bits per heavy atom. The summed E-state index contributed by atoms with van der Waals surface area (Å²) in [6, 6.07) is 15.4. The Labute approximate surface area is 191 Å². The second-order valence-electron chi connectivity index (χ2n) is 7.98. The first kappa shape index (κ1) is 22.5. The number of halogens is 1. The molecule has 7 nitrogen and oxygen atoms in total. The van der Waals surface area contributed by atoms with E-state index in [1.54, 1.807) is 4.90 Å². The van der Waals surface area contributed by atoms with Gasteiger partial charge >= 0.3 is 0 Å². The van der Waals surface area contributed by atoms with Crippen LogP contribution in [0.5, 0.6) is 5.75 Å². The van der Waals surface area contributed by atoms with Crippen LogP contribution < -0.4 is 4.74 Å². The summed E-state index contributed by atoms with van der Waals surface area (Å²) in [5.74, 6) is -0.0128. The van der Waals surface area contributed by atoms with Crippen molar-refractivity contribution < 1.29 is 18.7 Å². The zero-order chi connectivity index (χ0) is 23.2. The van der Waals surface area contributed by atoms with E-state index in [1.807, 2.05) is 39.9 Å². The van der Waals surface area contributed by atoms with Crippen molar-refractivity contribution in [3.63, 3.8) is 0 Å². The molecule has 1 aromatic heterocycles. The van der Waals surface area contributed by atoms with Gasteiger partial charge in [0.05, 0.1) is 19.0 Å². The third-order valence-electron chi connectivity index (χ3n) is 5.82. The number of benzene rings is 2. The molecule has 33 heavy (non-hydrogen) atoms. The highest BCUT2D eigenvalue weighted by atomic mass is 19.1. The number of carbonyl (C=O) groups is 2. The summed E-state index contributed by atoms with van der Waals surface area (Å²) in [4.78, 5) is 29.3. The third-order valence-corrected chi connectivity index (χ3v) is 5.82. The van der Waals surface area contributed by atoms with Crippen LogP contribution >= 0.6 is 0 Å². The lowest BCUT2D eigenvalue weighted by atomic mass is 10.1. The largest absolute Gasteiger partial charge is 0.484 e. The Hall–Kier alpha value is -3.70. The van der Waals surface area contributed by atoms with Gasteiger partial charge in [0.15, 0.2) is 12.4 Å². The van der Waals surface area contributed by atoms with E-state index >= 15 is 0 Å². The first-order valence-electron chi connectivity index (χ1n) is 10.9. The van der Waals surface area contributed by atoms with Crippen molar-refractivity contribution in [1.82, 2.24) is 14.4 Å². The second-order valence-corrected chi connectivity index (χ2v) is 7.98. The molecule has 1 amide bonds. The number of fused-ring (bicyclic) bond motifs is 1. The molecule has 1 aliphatic rings. The molecule has 4 rings (SSSR count). The van der Waals surface area contributed by atoms with Gasteiger partial charge in [-0.1, -0.05) is 18.2 Å². The van der Waals surface area contributed by atoms with Crippen LogP contribution in [0.3, 0.4) is 0 Å². The minimum atomic E-state index is -0.355. The van der Waals surface area contributed by atoms with Gasteiger partial charge in [-0.15, -0.1) is 0 Å². The van der Waals surface area contributed by atoms with Crippen LogP contribution in [0.15, 0.2) is 54.7 Å². The molecule has 2 aromatic carbocycles. The number of aromatic nitrogens is 1. The molecule has 0 bridgehead atoms. The average molecular weight is 448 g/mol. The summed E-state index contributed by atoms with van der Waals surface area (Å²) >= 11 is 0. The Balaban J connectivity index is 1.31. The summed E-state index contributed by atoms with van der Waals surface area (Å²) in [5.41, 5.74) is 1.61. The first-order chi connectivity index (χ1) is 16.0. The fraction of sp³-hybridized carbons (Fsp3) is 0.320. The van der Waals surface area contributed by atoms with Gasteiger partial charge in [0.2, 0.25) is 0 Å². The number of carbonyl (C=O) groups excluding carboxylic acids is 2. The first-order valence-corrected chi connectivity index (χ1v) is 10.9. The molecule has 8 heteroatoms. The number of nitrogens with zero attached hydrogens (tertiary/aromatic N) is 4. The van der Waals surface area contributed by atoms with E-state index in [9.17, 15) is 14.0 Å². The van der Waals surface area contributed by atoms with Gasteiger partial charge in [-0.25, -0.2) is 4.39 Å². The predicted molar refractivity (Wildman–Crippen MR) is 121 cm³/mol. The van der Waals surface area contributed by atoms with E-state index in [4.69, 9.17) is 10.00 Å². The van der Waals surface area contributed by atoms with Gasteiger partial charge in [0.25, 0.3) is 5.91 Å². The number of ether oxygens (including phenoxy) is 1. The maximum Gasteiger partial charge on any atom is 0.260 e. The van der Waals surface area contributed by atoms with Crippen LogP contribution in [0.1, 0.15) is 16.8 Å². The molecule has 0 saturated carbocycles. The van der Waals surface area contributed by atoms with Gasteiger partial charge in [-0.2, -0.15) is 5.26 Å². The number of Topliss-reactive ketones (excluding diaryl/α,β-unsaturated/α-hetero) is 1. The maximum absolute atomic E-state index is 13.1. The van der Waals surface area contributed by atoms with Crippen molar-refractivity contribution >= 4 is 22.6 Å². The van der Waals surface area contributed by atoms with Crippen molar-refractivity contribution in [1.29, 1.82) is 5.26 Å². The number of para-hydroxylation sites is 1. The smallest absolute Gasteiger partial charge is 0.260 e. The van der Waals surface area contributed by atoms with Crippen molar-refractivity contribution in [3.05, 3.63) is 66.1 Å². The van der Waals surface area contributed by atoms with E-state index in [2.05, 4.69) is 6.07 Å². The highest BCUT2D eigenvalue weighted by Gasteiger charge is 2.24. The average Bonchev–Trinajstić information content (AvgIpc) is 3.21. The van der Waals surface area contributed by atoms with Crippen LogP contribution in [0, 0.1) is 17.1 Å². The number of ketones is 1. The summed E-state index contributed by atoms with van der Waals surface area (Å²) in [7, 11) is 0.